The van der Waals surface area contributed by atoms with Crippen LogP contribution in [0, 0.1) is 12.8 Å². The number of hydrogen-bond donors (Lipinski definition) is 3. The molecule has 0 aliphatic rings. The summed E-state index contributed by atoms with van der Waals surface area (Å²) in [5.74, 6) is 0.00525. The minimum absolute atomic E-state index is 0.0701. The number of carboxylic acid groups (broad SMARTS) is 1. The van der Waals surface area contributed by atoms with E-state index in [0.717, 1.165) is 16.7 Å². The molecule has 6 nitrogen and oxygen atoms in total. The molecule has 0 radical (unpaired) electrons. The monoisotopic (exact) mass is 309 g/mol. The maximum Gasteiger partial charge on any atom is 0.346 e. The van der Waals surface area contributed by atoms with Crippen molar-refractivity contribution in [1.82, 2.24) is 9.97 Å². The smallest absolute Gasteiger partial charge is 0.346 e. The third kappa shape index (κ3) is 3.14. The first-order valence-corrected chi connectivity index (χ1v) is 7.62. The summed E-state index contributed by atoms with van der Waals surface area (Å²) in [5.41, 5.74) is 0.678. The molecule has 0 aliphatic carbocycles. The SMILES string of the molecule is Cc1c(C(=O)O)sc2ncnc(NC(CCO)C(C)C)c12. The number of anilines is 1. The van der Waals surface area contributed by atoms with Gasteiger partial charge < -0.3 is 15.5 Å². The second-order valence-electron chi connectivity index (χ2n) is 5.27. The number of aromatic nitrogens is 2. The Balaban J connectivity index is 2.46. The molecular formula is C14H19N3O3S. The standard InChI is InChI=1S/C14H19N3O3S/c1-7(2)9(4-5-18)17-12-10-8(3)11(14(19)20)21-13(10)16-6-15-12/h6-7,9,18H,4-5H2,1-3H3,(H,19,20)(H,15,16,17). The number of carboxylic acids is 1. The fourth-order valence-corrected chi connectivity index (χ4v) is 3.26. The Labute approximate surface area is 126 Å². The molecule has 1 unspecified atom stereocenters. The Morgan fingerprint density at radius 1 is 1.43 bits per heavy atom. The van der Waals surface area contributed by atoms with Crippen LogP contribution in [-0.4, -0.2) is 38.8 Å². The molecular weight excluding hydrogens is 290 g/mol. The fourth-order valence-electron chi connectivity index (χ4n) is 2.27. The zero-order chi connectivity index (χ0) is 15.6. The van der Waals surface area contributed by atoms with Gasteiger partial charge in [0.1, 0.15) is 21.9 Å². The summed E-state index contributed by atoms with van der Waals surface area (Å²) < 4.78 is 0. The van der Waals surface area contributed by atoms with E-state index in [-0.39, 0.29) is 17.5 Å². The second kappa shape index (κ2) is 6.36. The van der Waals surface area contributed by atoms with Gasteiger partial charge in [-0.15, -0.1) is 11.3 Å². The number of nitrogens with one attached hydrogen (secondary N) is 1. The largest absolute Gasteiger partial charge is 0.477 e. The Morgan fingerprint density at radius 3 is 2.71 bits per heavy atom. The van der Waals surface area contributed by atoms with Crippen LogP contribution in [0.5, 0.6) is 0 Å². The van der Waals surface area contributed by atoms with E-state index in [2.05, 4.69) is 29.1 Å². The van der Waals surface area contributed by atoms with Gasteiger partial charge in [-0.25, -0.2) is 14.8 Å². The first kappa shape index (κ1) is 15.7. The molecule has 0 spiro atoms. The van der Waals surface area contributed by atoms with Crippen LogP contribution in [0.25, 0.3) is 10.2 Å². The molecule has 0 aromatic carbocycles. The highest BCUT2D eigenvalue weighted by atomic mass is 32.1. The van der Waals surface area contributed by atoms with E-state index in [9.17, 15) is 9.90 Å². The number of aliphatic hydroxyl groups excluding tert-OH is 1. The number of fused-ring (bicyclic) bond motifs is 1. The zero-order valence-corrected chi connectivity index (χ0v) is 13.1. The predicted octanol–water partition coefficient (Wildman–Crippen LogP) is 2.52. The lowest BCUT2D eigenvalue weighted by Crippen LogP contribution is -2.27. The van der Waals surface area contributed by atoms with Crippen LogP contribution in [0.15, 0.2) is 6.33 Å². The van der Waals surface area contributed by atoms with Crippen LogP contribution >= 0.6 is 11.3 Å². The van der Waals surface area contributed by atoms with Crippen molar-refractivity contribution in [3.63, 3.8) is 0 Å². The van der Waals surface area contributed by atoms with Gasteiger partial charge in [0.25, 0.3) is 0 Å². The fraction of sp³-hybridized carbons (Fsp3) is 0.500. The summed E-state index contributed by atoms with van der Waals surface area (Å²) in [7, 11) is 0. The minimum Gasteiger partial charge on any atom is -0.477 e. The molecule has 114 valence electrons. The highest BCUT2D eigenvalue weighted by molar-refractivity contribution is 7.20. The van der Waals surface area contributed by atoms with Crippen molar-refractivity contribution in [2.45, 2.75) is 33.2 Å². The molecule has 21 heavy (non-hydrogen) atoms. The summed E-state index contributed by atoms with van der Waals surface area (Å²) in [5, 5.41) is 22.5. The van der Waals surface area contributed by atoms with Crippen molar-refractivity contribution in [1.29, 1.82) is 0 Å². The van der Waals surface area contributed by atoms with Gasteiger partial charge in [-0.1, -0.05) is 13.8 Å². The number of hydrogen-bond acceptors (Lipinski definition) is 6. The van der Waals surface area contributed by atoms with E-state index in [1.165, 1.54) is 6.33 Å². The van der Waals surface area contributed by atoms with Crippen molar-refractivity contribution < 1.29 is 15.0 Å². The van der Waals surface area contributed by atoms with Gasteiger partial charge in [-0.3, -0.25) is 0 Å². The number of rotatable bonds is 6. The van der Waals surface area contributed by atoms with Crippen molar-refractivity contribution in [2.24, 2.45) is 5.92 Å². The third-order valence-electron chi connectivity index (χ3n) is 3.49. The first-order valence-electron chi connectivity index (χ1n) is 6.80. The molecule has 2 aromatic rings. The van der Waals surface area contributed by atoms with Crippen LogP contribution in [0.1, 0.15) is 35.5 Å². The van der Waals surface area contributed by atoms with Gasteiger partial charge in [0.05, 0.1) is 5.39 Å². The van der Waals surface area contributed by atoms with Crippen LogP contribution in [0.3, 0.4) is 0 Å². The minimum atomic E-state index is -0.947. The van der Waals surface area contributed by atoms with E-state index in [1.54, 1.807) is 6.92 Å². The van der Waals surface area contributed by atoms with Gasteiger partial charge >= 0.3 is 5.97 Å². The molecule has 2 aromatic heterocycles. The van der Waals surface area contributed by atoms with Crippen molar-refractivity contribution in [3.05, 3.63) is 16.8 Å². The van der Waals surface area contributed by atoms with E-state index in [4.69, 9.17) is 5.11 Å². The number of carbonyl (C=O) groups is 1. The highest BCUT2D eigenvalue weighted by Gasteiger charge is 2.21. The Kier molecular flexibility index (Phi) is 4.74. The van der Waals surface area contributed by atoms with Crippen LogP contribution < -0.4 is 5.32 Å². The maximum atomic E-state index is 11.2. The van der Waals surface area contributed by atoms with Crippen LogP contribution in [0.4, 0.5) is 5.82 Å². The van der Waals surface area contributed by atoms with E-state index in [0.29, 0.717) is 28.6 Å². The van der Waals surface area contributed by atoms with Gasteiger partial charge in [-0.2, -0.15) is 0 Å². The zero-order valence-electron chi connectivity index (χ0n) is 12.3. The number of thiophene rings is 1. The summed E-state index contributed by atoms with van der Waals surface area (Å²) >= 11 is 1.15. The quantitative estimate of drug-likeness (QED) is 0.759. The third-order valence-corrected chi connectivity index (χ3v) is 4.68. The molecule has 0 saturated heterocycles. The molecule has 0 aliphatic heterocycles. The Hall–Kier alpha value is -1.73. The number of nitrogens with zero attached hydrogens (tertiary/aromatic N) is 2. The van der Waals surface area contributed by atoms with Crippen molar-refractivity contribution >= 4 is 33.3 Å². The molecule has 2 rings (SSSR count). The average molecular weight is 309 g/mol. The summed E-state index contributed by atoms with van der Waals surface area (Å²) in [6.45, 7) is 5.99. The number of aromatic carboxylic acids is 1. The lowest BCUT2D eigenvalue weighted by molar-refractivity contribution is 0.0701. The van der Waals surface area contributed by atoms with E-state index < -0.39 is 5.97 Å². The Bertz CT molecular complexity index is 654. The molecule has 0 bridgehead atoms. The second-order valence-corrected chi connectivity index (χ2v) is 6.27. The molecule has 0 fully saturated rings. The molecule has 3 N–H and O–H groups in total. The molecule has 0 saturated carbocycles. The van der Waals surface area contributed by atoms with Gasteiger partial charge in [0.2, 0.25) is 0 Å². The lowest BCUT2D eigenvalue weighted by Gasteiger charge is -2.22. The summed E-state index contributed by atoms with van der Waals surface area (Å²) in [6.07, 6.45) is 2.04. The Morgan fingerprint density at radius 2 is 2.14 bits per heavy atom. The number of aryl methyl sites for hydroxylation is 1. The van der Waals surface area contributed by atoms with Crippen LogP contribution in [0.2, 0.25) is 0 Å². The average Bonchev–Trinajstić information content (AvgIpc) is 2.77. The summed E-state index contributed by atoms with van der Waals surface area (Å²) in [6, 6.07) is 0.0701. The highest BCUT2D eigenvalue weighted by Crippen LogP contribution is 2.33. The lowest BCUT2D eigenvalue weighted by atomic mass is 10.0. The van der Waals surface area contributed by atoms with E-state index in [1.807, 2.05) is 0 Å². The van der Waals surface area contributed by atoms with Gasteiger partial charge in [-0.05, 0) is 24.8 Å². The topological polar surface area (TPSA) is 95.3 Å². The van der Waals surface area contributed by atoms with Crippen molar-refractivity contribution in [3.8, 4) is 0 Å². The predicted molar refractivity (Wildman–Crippen MR) is 83.1 cm³/mol. The first-order chi connectivity index (χ1) is 9.95. The van der Waals surface area contributed by atoms with Crippen LogP contribution in [-0.2, 0) is 0 Å². The summed E-state index contributed by atoms with van der Waals surface area (Å²) in [4.78, 5) is 20.6. The van der Waals surface area contributed by atoms with Gasteiger partial charge in [0, 0.05) is 12.6 Å². The molecule has 2 heterocycles. The van der Waals surface area contributed by atoms with Crippen molar-refractivity contribution in [2.75, 3.05) is 11.9 Å². The molecule has 0 amide bonds. The van der Waals surface area contributed by atoms with Gasteiger partial charge in [0.15, 0.2) is 0 Å². The van der Waals surface area contributed by atoms with E-state index >= 15 is 0 Å². The number of aliphatic hydroxyl groups is 1. The molecule has 1 atom stereocenters. The normalized spacial score (nSPS) is 12.8. The maximum absolute atomic E-state index is 11.2. The molecule has 7 heteroatoms.